The van der Waals surface area contributed by atoms with Gasteiger partial charge >= 0.3 is 5.97 Å². The van der Waals surface area contributed by atoms with E-state index < -0.39 is 5.97 Å². The normalized spacial score (nSPS) is 10.6. The summed E-state index contributed by atoms with van der Waals surface area (Å²) < 4.78 is 1.12. The first-order valence-electron chi connectivity index (χ1n) is 6.22. The standard InChI is InChI=1S/C15H11ClN2O2S/c1-9(19)20-18-10-6-7-11(12(16)8-10)15-17-13-4-2-3-5-14(13)21-15/h2-8,18H,1H3. The Labute approximate surface area is 130 Å². The molecule has 0 aliphatic rings. The number of halogens is 1. The van der Waals surface area contributed by atoms with E-state index in [-0.39, 0.29) is 0 Å². The lowest BCUT2D eigenvalue weighted by Crippen LogP contribution is -2.05. The Morgan fingerprint density at radius 2 is 2.10 bits per heavy atom. The third kappa shape index (κ3) is 2.99. The lowest BCUT2D eigenvalue weighted by Gasteiger charge is -2.07. The van der Waals surface area contributed by atoms with Crippen molar-refractivity contribution >= 4 is 44.8 Å². The number of rotatable bonds is 3. The number of hydrogen-bond acceptors (Lipinski definition) is 5. The highest BCUT2D eigenvalue weighted by Crippen LogP contribution is 2.35. The number of carbonyl (C=O) groups is 1. The van der Waals surface area contributed by atoms with Gasteiger partial charge in [-0.3, -0.25) is 4.79 Å². The van der Waals surface area contributed by atoms with Gasteiger partial charge in [0, 0.05) is 12.5 Å². The van der Waals surface area contributed by atoms with Crippen molar-refractivity contribution in [3.8, 4) is 10.6 Å². The fourth-order valence-corrected chi connectivity index (χ4v) is 3.20. The number of anilines is 1. The van der Waals surface area contributed by atoms with Crippen molar-refractivity contribution in [1.29, 1.82) is 0 Å². The summed E-state index contributed by atoms with van der Waals surface area (Å²) in [5.74, 6) is -0.415. The maximum Gasteiger partial charge on any atom is 0.329 e. The second-order valence-electron chi connectivity index (χ2n) is 4.38. The fraction of sp³-hybridized carbons (Fsp3) is 0.0667. The monoisotopic (exact) mass is 318 g/mol. The zero-order valence-corrected chi connectivity index (χ0v) is 12.7. The summed E-state index contributed by atoms with van der Waals surface area (Å²) in [5, 5.41) is 1.41. The van der Waals surface area contributed by atoms with Crippen LogP contribution in [0.4, 0.5) is 5.69 Å². The molecule has 0 spiro atoms. The number of nitrogens with one attached hydrogen (secondary N) is 1. The summed E-state index contributed by atoms with van der Waals surface area (Å²) >= 11 is 7.88. The van der Waals surface area contributed by atoms with E-state index in [1.807, 2.05) is 30.3 Å². The zero-order valence-electron chi connectivity index (χ0n) is 11.1. The molecule has 3 rings (SSSR count). The Morgan fingerprint density at radius 1 is 1.29 bits per heavy atom. The van der Waals surface area contributed by atoms with E-state index in [1.165, 1.54) is 6.92 Å². The number of benzene rings is 2. The molecule has 3 aromatic rings. The molecular formula is C15H11ClN2O2S. The first kappa shape index (κ1) is 13.9. The van der Waals surface area contributed by atoms with Gasteiger partial charge in [0.1, 0.15) is 5.01 Å². The lowest BCUT2D eigenvalue weighted by molar-refractivity contribution is -0.138. The molecular weight excluding hydrogens is 308 g/mol. The largest absolute Gasteiger partial charge is 0.344 e. The molecule has 1 heterocycles. The van der Waals surface area contributed by atoms with Crippen molar-refractivity contribution in [3.63, 3.8) is 0 Å². The molecule has 1 N–H and O–H groups in total. The molecule has 2 aromatic carbocycles. The van der Waals surface area contributed by atoms with Crippen LogP contribution in [0.5, 0.6) is 0 Å². The van der Waals surface area contributed by atoms with E-state index in [0.29, 0.717) is 10.7 Å². The summed E-state index contributed by atoms with van der Waals surface area (Å²) in [4.78, 5) is 20.1. The molecule has 0 saturated heterocycles. The predicted octanol–water partition coefficient (Wildman–Crippen LogP) is 4.51. The number of aromatic nitrogens is 1. The quantitative estimate of drug-likeness (QED) is 0.722. The van der Waals surface area contributed by atoms with Crippen molar-refractivity contribution in [1.82, 2.24) is 4.98 Å². The van der Waals surface area contributed by atoms with Crippen LogP contribution in [-0.2, 0) is 9.63 Å². The highest BCUT2D eigenvalue weighted by Gasteiger charge is 2.10. The van der Waals surface area contributed by atoms with Gasteiger partial charge in [0.05, 0.1) is 20.9 Å². The van der Waals surface area contributed by atoms with E-state index in [9.17, 15) is 4.79 Å². The Kier molecular flexibility index (Phi) is 3.77. The summed E-state index contributed by atoms with van der Waals surface area (Å²) in [6.07, 6.45) is 0. The summed E-state index contributed by atoms with van der Waals surface area (Å²) in [5.41, 5.74) is 4.96. The van der Waals surface area contributed by atoms with E-state index >= 15 is 0 Å². The fourth-order valence-electron chi connectivity index (χ4n) is 1.87. The average Bonchev–Trinajstić information content (AvgIpc) is 2.88. The molecule has 106 valence electrons. The molecule has 0 aliphatic heterocycles. The third-order valence-corrected chi connectivity index (χ3v) is 4.19. The minimum Gasteiger partial charge on any atom is -0.344 e. The van der Waals surface area contributed by atoms with Gasteiger partial charge in [0.15, 0.2) is 0 Å². The first-order chi connectivity index (χ1) is 10.1. The molecule has 0 saturated carbocycles. The van der Waals surface area contributed by atoms with Crippen LogP contribution in [0.1, 0.15) is 6.92 Å². The smallest absolute Gasteiger partial charge is 0.329 e. The molecule has 0 aliphatic carbocycles. The number of fused-ring (bicyclic) bond motifs is 1. The molecule has 0 fully saturated rings. The second kappa shape index (κ2) is 5.71. The molecule has 4 nitrogen and oxygen atoms in total. The van der Waals surface area contributed by atoms with E-state index in [1.54, 1.807) is 23.5 Å². The van der Waals surface area contributed by atoms with Crippen LogP contribution in [0.2, 0.25) is 5.02 Å². The molecule has 0 atom stereocenters. The van der Waals surface area contributed by atoms with Crippen LogP contribution in [-0.4, -0.2) is 11.0 Å². The van der Waals surface area contributed by atoms with Gasteiger partial charge in [-0.25, -0.2) is 10.5 Å². The molecule has 21 heavy (non-hydrogen) atoms. The molecule has 6 heteroatoms. The summed E-state index contributed by atoms with van der Waals surface area (Å²) in [7, 11) is 0. The highest BCUT2D eigenvalue weighted by atomic mass is 35.5. The van der Waals surface area contributed by atoms with Crippen molar-refractivity contribution in [2.45, 2.75) is 6.92 Å². The van der Waals surface area contributed by atoms with Crippen LogP contribution in [0, 0.1) is 0 Å². The Bertz CT molecular complexity index is 783. The number of hydrogen-bond donors (Lipinski definition) is 1. The van der Waals surface area contributed by atoms with Gasteiger partial charge in [-0.15, -0.1) is 11.3 Å². The van der Waals surface area contributed by atoms with E-state index in [4.69, 9.17) is 16.4 Å². The summed E-state index contributed by atoms with van der Waals surface area (Å²) in [6, 6.07) is 13.3. The van der Waals surface area contributed by atoms with Crippen LogP contribution in [0.3, 0.4) is 0 Å². The third-order valence-electron chi connectivity index (χ3n) is 2.81. The topological polar surface area (TPSA) is 51.2 Å². The SMILES string of the molecule is CC(=O)ONc1ccc(-c2nc3ccccc3s2)c(Cl)c1. The van der Waals surface area contributed by atoms with Gasteiger partial charge in [0.25, 0.3) is 0 Å². The zero-order chi connectivity index (χ0) is 14.8. The number of carbonyl (C=O) groups excluding carboxylic acids is 1. The maximum atomic E-state index is 10.8. The number of thiazole rings is 1. The van der Waals surface area contributed by atoms with E-state index in [2.05, 4.69) is 10.5 Å². The maximum absolute atomic E-state index is 10.8. The van der Waals surface area contributed by atoms with Crippen molar-refractivity contribution < 1.29 is 9.63 Å². The predicted molar refractivity (Wildman–Crippen MR) is 85.5 cm³/mol. The molecule has 0 amide bonds. The van der Waals surface area contributed by atoms with Gasteiger partial charge in [-0.2, -0.15) is 0 Å². The van der Waals surface area contributed by atoms with Crippen molar-refractivity contribution in [2.24, 2.45) is 0 Å². The van der Waals surface area contributed by atoms with Gasteiger partial charge in [0.2, 0.25) is 0 Å². The number of nitrogens with zero attached hydrogens (tertiary/aromatic N) is 1. The van der Waals surface area contributed by atoms with Crippen LogP contribution in [0.15, 0.2) is 42.5 Å². The minimum atomic E-state index is -0.415. The summed E-state index contributed by atoms with van der Waals surface area (Å²) in [6.45, 7) is 1.32. The molecule has 0 unspecified atom stereocenters. The molecule has 0 radical (unpaired) electrons. The van der Waals surface area contributed by atoms with Crippen LogP contribution in [0.25, 0.3) is 20.8 Å². The van der Waals surface area contributed by atoms with E-state index in [0.717, 1.165) is 20.8 Å². The Balaban J connectivity index is 1.93. The second-order valence-corrected chi connectivity index (χ2v) is 5.81. The van der Waals surface area contributed by atoms with Gasteiger partial charge < -0.3 is 4.84 Å². The van der Waals surface area contributed by atoms with Crippen LogP contribution < -0.4 is 5.48 Å². The first-order valence-corrected chi connectivity index (χ1v) is 7.42. The van der Waals surface area contributed by atoms with Gasteiger partial charge in [-0.05, 0) is 30.3 Å². The lowest BCUT2D eigenvalue weighted by atomic mass is 10.2. The average molecular weight is 319 g/mol. The molecule has 1 aromatic heterocycles. The Hall–Kier alpha value is -2.11. The minimum absolute atomic E-state index is 0.415. The van der Waals surface area contributed by atoms with Gasteiger partial charge in [-0.1, -0.05) is 23.7 Å². The number of para-hydroxylation sites is 1. The molecule has 0 bridgehead atoms. The Morgan fingerprint density at radius 3 is 2.81 bits per heavy atom. The van der Waals surface area contributed by atoms with Crippen LogP contribution >= 0.6 is 22.9 Å². The van der Waals surface area contributed by atoms with Crippen molar-refractivity contribution in [2.75, 3.05) is 5.48 Å². The highest BCUT2D eigenvalue weighted by molar-refractivity contribution is 7.21. The van der Waals surface area contributed by atoms with Crippen molar-refractivity contribution in [3.05, 3.63) is 47.5 Å².